The van der Waals surface area contributed by atoms with Gasteiger partial charge in [-0.05, 0) is 37.1 Å². The summed E-state index contributed by atoms with van der Waals surface area (Å²) >= 11 is 1.00. The van der Waals surface area contributed by atoms with Crippen molar-refractivity contribution in [3.63, 3.8) is 0 Å². The second-order valence-corrected chi connectivity index (χ2v) is 8.50. The number of nitrogens with one attached hydrogen (secondary N) is 1. The number of pyridine rings is 1. The number of benzene rings is 1. The molecule has 0 radical (unpaired) electrons. The standard InChI is InChI=1S/C17H16N6O2S2/c18-10-12-4-5-16(19-11-12)23-8-6-13(7-9-23)22-27(24,25)15-3-1-2-14-17(15)21-26-20-14/h1-5,11,13,22H,6-9H2. The zero-order valence-electron chi connectivity index (χ0n) is 14.2. The minimum atomic E-state index is -3.66. The van der Waals surface area contributed by atoms with Gasteiger partial charge in [0.1, 0.15) is 28.2 Å². The predicted octanol–water partition coefficient (Wildman–Crippen LogP) is 2.63. The average molecular weight is 400 g/mol. The van der Waals surface area contributed by atoms with Gasteiger partial charge in [0, 0.05) is 25.3 Å². The largest absolute Gasteiger partial charge is 0.357 e. The Kier molecular flexibility index (Phi) is 4.73. The van der Waals surface area contributed by atoms with Crippen LogP contribution in [-0.4, -0.2) is 32.5 Å². The minimum absolute atomic E-state index is 0.147. The number of aromatic nitrogens is 1. The number of hydrogen-bond donors (Lipinski definition) is 1. The van der Waals surface area contributed by atoms with Gasteiger partial charge in [-0.3, -0.25) is 0 Å². The second kappa shape index (κ2) is 7.19. The molecule has 1 N–H and O–H groups in total. The van der Waals surface area contributed by atoms with E-state index in [9.17, 15) is 8.42 Å². The molecule has 3 heterocycles. The molecule has 8 nitrogen and oxygen atoms in total. The number of nitrogens with zero attached hydrogens (tertiary/aromatic N) is 5. The molecular formula is C17H16N6O2S2. The van der Waals surface area contributed by atoms with E-state index in [4.69, 9.17) is 5.26 Å². The fraction of sp³-hybridized carbons (Fsp3) is 0.294. The highest BCUT2D eigenvalue weighted by Crippen LogP contribution is 2.37. The third-order valence-electron chi connectivity index (χ3n) is 4.56. The van der Waals surface area contributed by atoms with Crippen LogP contribution in [0.3, 0.4) is 0 Å². The van der Waals surface area contributed by atoms with E-state index in [0.29, 0.717) is 42.9 Å². The van der Waals surface area contributed by atoms with Gasteiger partial charge in [-0.15, -0.1) is 0 Å². The molecule has 4 rings (SSSR count). The lowest BCUT2D eigenvalue weighted by atomic mass is 10.1. The first kappa shape index (κ1) is 17.8. The maximum Gasteiger partial charge on any atom is 0.243 e. The summed E-state index contributed by atoms with van der Waals surface area (Å²) in [5, 5.41) is 8.85. The molecule has 0 saturated carbocycles. The number of fused-ring (bicyclic) bond motifs is 1. The summed E-state index contributed by atoms with van der Waals surface area (Å²) in [7, 11) is -3.66. The molecule has 0 unspecified atom stereocenters. The van der Waals surface area contributed by atoms with Gasteiger partial charge in [-0.1, -0.05) is 6.07 Å². The van der Waals surface area contributed by atoms with Crippen LogP contribution in [0, 0.1) is 11.3 Å². The van der Waals surface area contributed by atoms with E-state index < -0.39 is 10.0 Å². The molecule has 2 aliphatic rings. The summed E-state index contributed by atoms with van der Waals surface area (Å²) in [6.07, 6.45) is 2.89. The predicted molar refractivity (Wildman–Crippen MR) is 102 cm³/mol. The molecule has 1 aromatic heterocycles. The molecule has 138 valence electrons. The van der Waals surface area contributed by atoms with Crippen LogP contribution in [0.25, 0.3) is 0 Å². The Morgan fingerprint density at radius 1 is 1.19 bits per heavy atom. The van der Waals surface area contributed by atoms with Crippen molar-refractivity contribution < 1.29 is 8.42 Å². The van der Waals surface area contributed by atoms with E-state index >= 15 is 0 Å². The van der Waals surface area contributed by atoms with Crippen LogP contribution in [0.5, 0.6) is 0 Å². The minimum Gasteiger partial charge on any atom is -0.357 e. The first-order valence-corrected chi connectivity index (χ1v) is 10.6. The molecule has 2 aliphatic heterocycles. The Labute approximate surface area is 160 Å². The number of hydrogen-bond acceptors (Lipinski definition) is 7. The molecular weight excluding hydrogens is 384 g/mol. The van der Waals surface area contributed by atoms with Crippen molar-refractivity contribution >= 4 is 38.6 Å². The fourth-order valence-electron chi connectivity index (χ4n) is 3.15. The molecule has 0 bridgehead atoms. The number of rotatable bonds is 4. The Hall–Kier alpha value is -2.61. The topological polar surface area (TPSA) is 111 Å². The molecule has 1 saturated heterocycles. The van der Waals surface area contributed by atoms with Gasteiger partial charge >= 0.3 is 0 Å². The Morgan fingerprint density at radius 2 is 2.00 bits per heavy atom. The third kappa shape index (κ3) is 3.62. The summed E-state index contributed by atoms with van der Waals surface area (Å²) in [5.41, 5.74) is 1.52. The Bertz CT molecular complexity index is 1080. The van der Waals surface area contributed by atoms with Gasteiger partial charge in [0.25, 0.3) is 0 Å². The van der Waals surface area contributed by atoms with Crippen molar-refractivity contribution in [3.05, 3.63) is 42.1 Å². The van der Waals surface area contributed by atoms with Gasteiger partial charge in [0.15, 0.2) is 0 Å². The molecule has 0 aliphatic carbocycles. The molecule has 1 aromatic carbocycles. The monoisotopic (exact) mass is 400 g/mol. The second-order valence-electron chi connectivity index (χ2n) is 6.29. The average Bonchev–Trinajstić information content (AvgIpc) is 3.17. The highest BCUT2D eigenvalue weighted by molar-refractivity contribution is 7.89. The lowest BCUT2D eigenvalue weighted by Gasteiger charge is -2.33. The summed E-state index contributed by atoms with van der Waals surface area (Å²) in [6.45, 7) is 1.38. The van der Waals surface area contributed by atoms with E-state index in [1.54, 1.807) is 30.5 Å². The Morgan fingerprint density at radius 3 is 2.70 bits per heavy atom. The van der Waals surface area contributed by atoms with E-state index in [1.165, 1.54) is 0 Å². The zero-order valence-corrected chi connectivity index (χ0v) is 15.9. The third-order valence-corrected chi connectivity index (χ3v) is 6.65. The van der Waals surface area contributed by atoms with Crippen molar-refractivity contribution in [1.82, 2.24) is 9.71 Å². The summed E-state index contributed by atoms with van der Waals surface area (Å²) < 4.78 is 36.6. The number of sulfonamides is 1. The molecule has 0 spiro atoms. The lowest BCUT2D eigenvalue weighted by molar-refractivity contribution is 0.458. The highest BCUT2D eigenvalue weighted by atomic mass is 32.2. The van der Waals surface area contributed by atoms with Crippen LogP contribution in [0.1, 0.15) is 18.4 Å². The molecule has 10 heteroatoms. The van der Waals surface area contributed by atoms with Crippen LogP contribution in [0.2, 0.25) is 0 Å². The first-order valence-electron chi connectivity index (χ1n) is 8.41. The highest BCUT2D eigenvalue weighted by Gasteiger charge is 2.28. The van der Waals surface area contributed by atoms with E-state index in [1.807, 2.05) is 12.1 Å². The first-order chi connectivity index (χ1) is 13.1. The van der Waals surface area contributed by atoms with Crippen molar-refractivity contribution in [2.45, 2.75) is 23.8 Å². The molecule has 0 amide bonds. The summed E-state index contributed by atoms with van der Waals surface area (Å²) in [5.74, 6) is 0.800. The van der Waals surface area contributed by atoms with Crippen LogP contribution >= 0.6 is 0 Å². The maximum absolute atomic E-state index is 12.8. The molecule has 0 atom stereocenters. The van der Waals surface area contributed by atoms with Crippen molar-refractivity contribution in [1.29, 1.82) is 5.26 Å². The van der Waals surface area contributed by atoms with Gasteiger partial charge in [0.05, 0.1) is 16.9 Å². The normalized spacial score (nSPS) is 16.6. The smallest absolute Gasteiger partial charge is 0.243 e. The van der Waals surface area contributed by atoms with Gasteiger partial charge in [-0.25, -0.2) is 18.1 Å². The van der Waals surface area contributed by atoms with Crippen LogP contribution < -0.4 is 9.62 Å². The van der Waals surface area contributed by atoms with Crippen LogP contribution in [0.4, 0.5) is 17.2 Å². The maximum atomic E-state index is 12.8. The molecule has 2 aromatic rings. The van der Waals surface area contributed by atoms with Gasteiger partial charge < -0.3 is 4.90 Å². The zero-order chi connectivity index (χ0) is 18.9. The Balaban J connectivity index is 1.42. The van der Waals surface area contributed by atoms with E-state index in [2.05, 4.69) is 23.3 Å². The quantitative estimate of drug-likeness (QED) is 0.724. The SMILES string of the molecule is N#Cc1ccc(N2CCC(NS(=O)(=O)c3cccc4c3N=S=N4)CC2)nc1. The van der Waals surface area contributed by atoms with Crippen LogP contribution in [-0.2, 0) is 21.4 Å². The summed E-state index contributed by atoms with van der Waals surface area (Å²) in [6, 6.07) is 10.4. The van der Waals surface area contributed by atoms with Gasteiger partial charge in [0.2, 0.25) is 10.0 Å². The summed E-state index contributed by atoms with van der Waals surface area (Å²) in [4.78, 5) is 6.56. The number of piperidine rings is 1. The van der Waals surface area contributed by atoms with Crippen LogP contribution in [0.15, 0.2) is 50.1 Å². The fourth-order valence-corrected chi connectivity index (χ4v) is 5.22. The lowest BCUT2D eigenvalue weighted by Crippen LogP contribution is -2.44. The number of anilines is 1. The van der Waals surface area contributed by atoms with Crippen molar-refractivity contribution in [3.8, 4) is 6.07 Å². The van der Waals surface area contributed by atoms with E-state index in [0.717, 1.165) is 17.2 Å². The van der Waals surface area contributed by atoms with Crippen molar-refractivity contribution in [2.75, 3.05) is 18.0 Å². The van der Waals surface area contributed by atoms with Crippen molar-refractivity contribution in [2.24, 2.45) is 8.73 Å². The van der Waals surface area contributed by atoms with Gasteiger partial charge in [-0.2, -0.15) is 14.0 Å². The molecule has 1 fully saturated rings. The van der Waals surface area contributed by atoms with E-state index in [-0.39, 0.29) is 10.9 Å². The molecule has 27 heavy (non-hydrogen) atoms. The number of nitriles is 1.